The predicted octanol–water partition coefficient (Wildman–Crippen LogP) is 3.75. The Morgan fingerprint density at radius 2 is 2.14 bits per heavy atom. The Hall–Kier alpha value is -1.27. The Bertz CT molecular complexity index is 706. The predicted molar refractivity (Wildman–Crippen MR) is 85.3 cm³/mol. The van der Waals surface area contributed by atoms with Crippen LogP contribution in [0.25, 0.3) is 0 Å². The monoisotopic (exact) mass is 339 g/mol. The van der Waals surface area contributed by atoms with Crippen molar-refractivity contribution in [2.45, 2.75) is 16.0 Å². The standard InChI is InChI=1S/C14H11Cl2N3OS/c1-17-13-8-4-9(16)11(5-10(8)19-14(13)20)21-12-3-2-7(15)6-18-12/h2-6,13,17H,1H3,(H,19,20). The molecule has 0 fully saturated rings. The minimum atomic E-state index is -0.356. The molecule has 108 valence electrons. The summed E-state index contributed by atoms with van der Waals surface area (Å²) in [6.07, 6.45) is 1.59. The summed E-state index contributed by atoms with van der Waals surface area (Å²) in [5.74, 6) is -0.0738. The molecule has 1 aliphatic heterocycles. The Balaban J connectivity index is 1.93. The van der Waals surface area contributed by atoms with Crippen LogP contribution in [0.5, 0.6) is 0 Å². The first-order chi connectivity index (χ1) is 10.1. The van der Waals surface area contributed by atoms with Gasteiger partial charge in [-0.3, -0.25) is 4.79 Å². The third kappa shape index (κ3) is 2.87. The van der Waals surface area contributed by atoms with Gasteiger partial charge in [-0.1, -0.05) is 35.0 Å². The summed E-state index contributed by atoms with van der Waals surface area (Å²) >= 11 is 13.6. The Labute approximate surface area is 136 Å². The fourth-order valence-corrected chi connectivity index (χ4v) is 3.36. The Morgan fingerprint density at radius 1 is 1.33 bits per heavy atom. The quantitative estimate of drug-likeness (QED) is 0.894. The number of hydrogen-bond acceptors (Lipinski definition) is 4. The van der Waals surface area contributed by atoms with E-state index in [-0.39, 0.29) is 11.9 Å². The van der Waals surface area contributed by atoms with Crippen LogP contribution in [-0.4, -0.2) is 17.9 Å². The zero-order chi connectivity index (χ0) is 15.0. The molecule has 0 radical (unpaired) electrons. The number of aromatic nitrogens is 1. The van der Waals surface area contributed by atoms with E-state index in [4.69, 9.17) is 23.2 Å². The van der Waals surface area contributed by atoms with Crippen molar-refractivity contribution in [3.63, 3.8) is 0 Å². The summed E-state index contributed by atoms with van der Waals surface area (Å²) in [7, 11) is 1.74. The zero-order valence-electron chi connectivity index (χ0n) is 11.0. The second-order valence-corrected chi connectivity index (χ2v) is 6.40. The van der Waals surface area contributed by atoms with E-state index < -0.39 is 0 Å². The van der Waals surface area contributed by atoms with Crippen molar-refractivity contribution >= 4 is 46.6 Å². The molecule has 1 amide bonds. The van der Waals surface area contributed by atoms with Gasteiger partial charge in [0.15, 0.2) is 0 Å². The van der Waals surface area contributed by atoms with Crippen LogP contribution in [0, 0.1) is 0 Å². The second-order valence-electron chi connectivity index (χ2n) is 4.50. The van der Waals surface area contributed by atoms with Gasteiger partial charge in [0.2, 0.25) is 5.91 Å². The summed E-state index contributed by atoms with van der Waals surface area (Å²) in [5.41, 5.74) is 1.64. The molecule has 0 spiro atoms. The molecule has 21 heavy (non-hydrogen) atoms. The summed E-state index contributed by atoms with van der Waals surface area (Å²) in [5, 5.41) is 7.78. The molecule has 1 unspecified atom stereocenters. The highest BCUT2D eigenvalue weighted by Crippen LogP contribution is 2.40. The number of carbonyl (C=O) groups is 1. The van der Waals surface area contributed by atoms with E-state index in [2.05, 4.69) is 15.6 Å². The first-order valence-electron chi connectivity index (χ1n) is 6.19. The van der Waals surface area contributed by atoms with Crippen LogP contribution in [0.15, 0.2) is 40.4 Å². The highest BCUT2D eigenvalue weighted by atomic mass is 35.5. The molecule has 2 heterocycles. The highest BCUT2D eigenvalue weighted by molar-refractivity contribution is 7.99. The van der Waals surface area contributed by atoms with Gasteiger partial charge in [0.1, 0.15) is 11.1 Å². The van der Waals surface area contributed by atoms with E-state index in [9.17, 15) is 4.79 Å². The number of likely N-dealkylation sites (N-methyl/N-ethyl adjacent to an activating group) is 1. The van der Waals surface area contributed by atoms with E-state index in [1.54, 1.807) is 19.3 Å². The van der Waals surface area contributed by atoms with Crippen LogP contribution in [0.1, 0.15) is 11.6 Å². The maximum Gasteiger partial charge on any atom is 0.246 e. The third-order valence-corrected chi connectivity index (χ3v) is 4.80. The number of nitrogens with one attached hydrogen (secondary N) is 2. The largest absolute Gasteiger partial charge is 0.324 e. The van der Waals surface area contributed by atoms with Crippen molar-refractivity contribution < 1.29 is 4.79 Å². The number of hydrogen-bond donors (Lipinski definition) is 2. The van der Waals surface area contributed by atoms with E-state index in [1.165, 1.54) is 11.8 Å². The molecular weight excluding hydrogens is 329 g/mol. The molecule has 2 N–H and O–H groups in total. The molecule has 4 nitrogen and oxygen atoms in total. The summed E-state index contributed by atoms with van der Waals surface area (Å²) in [6, 6.07) is 6.93. The molecule has 1 aromatic carbocycles. The smallest absolute Gasteiger partial charge is 0.246 e. The number of pyridine rings is 1. The van der Waals surface area contributed by atoms with Crippen LogP contribution in [-0.2, 0) is 4.79 Å². The molecule has 3 rings (SSSR count). The molecule has 0 saturated carbocycles. The van der Waals surface area contributed by atoms with Crippen molar-refractivity contribution in [3.05, 3.63) is 46.1 Å². The van der Waals surface area contributed by atoms with Crippen molar-refractivity contribution in [2.75, 3.05) is 12.4 Å². The zero-order valence-corrected chi connectivity index (χ0v) is 13.3. The van der Waals surface area contributed by atoms with Crippen molar-refractivity contribution in [3.8, 4) is 0 Å². The minimum absolute atomic E-state index is 0.0738. The topological polar surface area (TPSA) is 54.0 Å². The molecule has 0 saturated heterocycles. The summed E-state index contributed by atoms with van der Waals surface area (Å²) in [4.78, 5) is 16.9. The maximum atomic E-state index is 11.8. The van der Waals surface area contributed by atoms with Crippen LogP contribution < -0.4 is 10.6 Å². The van der Waals surface area contributed by atoms with Gasteiger partial charge in [-0.2, -0.15) is 0 Å². The van der Waals surface area contributed by atoms with Gasteiger partial charge < -0.3 is 10.6 Å². The summed E-state index contributed by atoms with van der Waals surface area (Å²) < 4.78 is 0. The SMILES string of the molecule is CNC1C(=O)Nc2cc(Sc3ccc(Cl)cn3)c(Cl)cc21. The third-order valence-electron chi connectivity index (χ3n) is 3.14. The lowest BCUT2D eigenvalue weighted by atomic mass is 10.1. The average molecular weight is 340 g/mol. The number of carbonyl (C=O) groups excluding carboxylic acids is 1. The van der Waals surface area contributed by atoms with Gasteiger partial charge >= 0.3 is 0 Å². The molecular formula is C14H11Cl2N3OS. The number of amides is 1. The van der Waals surface area contributed by atoms with E-state index >= 15 is 0 Å². The van der Waals surface area contributed by atoms with Crippen molar-refractivity contribution in [2.24, 2.45) is 0 Å². The lowest BCUT2D eigenvalue weighted by molar-refractivity contribution is -0.117. The van der Waals surface area contributed by atoms with Crippen LogP contribution in [0.2, 0.25) is 10.0 Å². The number of fused-ring (bicyclic) bond motifs is 1. The fourth-order valence-electron chi connectivity index (χ4n) is 2.16. The number of benzene rings is 1. The van der Waals surface area contributed by atoms with Gasteiger partial charge in [-0.15, -0.1) is 0 Å². The number of halogens is 2. The minimum Gasteiger partial charge on any atom is -0.324 e. The van der Waals surface area contributed by atoms with Crippen LogP contribution in [0.4, 0.5) is 5.69 Å². The molecule has 7 heteroatoms. The molecule has 1 aromatic heterocycles. The van der Waals surface area contributed by atoms with E-state index in [1.807, 2.05) is 18.2 Å². The number of anilines is 1. The number of nitrogens with zero attached hydrogens (tertiary/aromatic N) is 1. The normalized spacial score (nSPS) is 16.7. The van der Waals surface area contributed by atoms with E-state index in [0.717, 1.165) is 21.2 Å². The first kappa shape index (κ1) is 14.7. The average Bonchev–Trinajstić information content (AvgIpc) is 2.76. The van der Waals surface area contributed by atoms with Crippen molar-refractivity contribution in [1.82, 2.24) is 10.3 Å². The van der Waals surface area contributed by atoms with Gasteiger partial charge in [0.05, 0.1) is 10.0 Å². The van der Waals surface area contributed by atoms with Gasteiger partial charge in [-0.25, -0.2) is 4.98 Å². The molecule has 0 bridgehead atoms. The molecule has 0 aliphatic carbocycles. The number of rotatable bonds is 3. The first-order valence-corrected chi connectivity index (χ1v) is 7.76. The summed E-state index contributed by atoms with van der Waals surface area (Å²) in [6.45, 7) is 0. The lowest BCUT2D eigenvalue weighted by Gasteiger charge is -2.09. The Kier molecular flexibility index (Phi) is 4.08. The van der Waals surface area contributed by atoms with Crippen LogP contribution >= 0.6 is 35.0 Å². The highest BCUT2D eigenvalue weighted by Gasteiger charge is 2.30. The van der Waals surface area contributed by atoms with Gasteiger partial charge in [0.25, 0.3) is 0 Å². The molecule has 1 atom stereocenters. The van der Waals surface area contributed by atoms with Crippen molar-refractivity contribution in [1.29, 1.82) is 0 Å². The van der Waals surface area contributed by atoms with Crippen LogP contribution in [0.3, 0.4) is 0 Å². The molecule has 2 aromatic rings. The lowest BCUT2D eigenvalue weighted by Crippen LogP contribution is -2.23. The van der Waals surface area contributed by atoms with Gasteiger partial charge in [0, 0.05) is 22.3 Å². The second kappa shape index (κ2) is 5.85. The van der Waals surface area contributed by atoms with Gasteiger partial charge in [-0.05, 0) is 31.3 Å². The van der Waals surface area contributed by atoms with E-state index in [0.29, 0.717) is 10.0 Å². The molecule has 1 aliphatic rings. The Morgan fingerprint density at radius 3 is 2.81 bits per heavy atom. The fraction of sp³-hybridized carbons (Fsp3) is 0.143. The maximum absolute atomic E-state index is 11.8.